The Hall–Kier alpha value is -0.160. The number of nitrogens with zero attached hydrogens (tertiary/aromatic N) is 2. The van der Waals surface area contributed by atoms with E-state index in [1.807, 2.05) is 0 Å². The molecule has 0 aromatic rings. The average molecular weight is 322 g/mol. The van der Waals surface area contributed by atoms with E-state index in [-0.39, 0.29) is 16.8 Å². The topological polar surface area (TPSA) is 28.2 Å². The van der Waals surface area contributed by atoms with Crippen LogP contribution in [-0.4, -0.2) is 72.5 Å². The summed E-state index contributed by atoms with van der Waals surface area (Å²) in [6.07, 6.45) is 8.53. The van der Waals surface area contributed by atoms with Gasteiger partial charge in [0.15, 0.2) is 0 Å². The van der Waals surface area contributed by atoms with Crippen LogP contribution in [-0.2, 0) is 9.47 Å². The van der Waals surface area contributed by atoms with E-state index in [1.54, 1.807) is 0 Å². The molecule has 4 aliphatic rings. The van der Waals surface area contributed by atoms with Crippen molar-refractivity contribution in [1.82, 2.24) is 9.80 Å². The lowest BCUT2D eigenvalue weighted by Crippen LogP contribution is -2.45. The second kappa shape index (κ2) is 5.98. The molecule has 0 aliphatic carbocycles. The predicted octanol–water partition coefficient (Wildman–Crippen LogP) is 2.66. The smallest absolute Gasteiger partial charge is 0.124 e. The Balaban J connectivity index is 1.33. The van der Waals surface area contributed by atoms with Gasteiger partial charge in [-0.1, -0.05) is 13.8 Å². The molecule has 0 amide bonds. The van der Waals surface area contributed by atoms with Gasteiger partial charge < -0.3 is 19.3 Å². The van der Waals surface area contributed by atoms with Crippen molar-refractivity contribution >= 4 is 0 Å². The van der Waals surface area contributed by atoms with Crippen molar-refractivity contribution < 1.29 is 9.47 Å². The first-order valence-corrected chi connectivity index (χ1v) is 9.94. The number of piperidine rings is 2. The standard InChI is InChI=1S/C19H34N2O2/c1-3-9-20-11-5-17(6-12-20)15-19(16-22-17)18(23-19)7-13-21(10-4-2)14-8-18/h3-16H2,1-2H3. The molecular weight excluding hydrogens is 288 g/mol. The Kier molecular flexibility index (Phi) is 4.24. The summed E-state index contributed by atoms with van der Waals surface area (Å²) in [5, 5.41) is 0. The van der Waals surface area contributed by atoms with Crippen LogP contribution in [0.2, 0.25) is 0 Å². The van der Waals surface area contributed by atoms with Gasteiger partial charge in [0.2, 0.25) is 0 Å². The zero-order valence-corrected chi connectivity index (χ0v) is 15.1. The van der Waals surface area contributed by atoms with Gasteiger partial charge in [0.1, 0.15) is 11.2 Å². The largest absolute Gasteiger partial charge is 0.372 e. The molecule has 4 nitrogen and oxygen atoms in total. The quantitative estimate of drug-likeness (QED) is 0.744. The van der Waals surface area contributed by atoms with Gasteiger partial charge >= 0.3 is 0 Å². The first kappa shape index (κ1) is 16.3. The Labute approximate surface area is 141 Å². The van der Waals surface area contributed by atoms with Crippen LogP contribution in [0.5, 0.6) is 0 Å². The van der Waals surface area contributed by atoms with Gasteiger partial charge in [-0.2, -0.15) is 0 Å². The van der Waals surface area contributed by atoms with Gasteiger partial charge in [-0.3, -0.25) is 0 Å². The van der Waals surface area contributed by atoms with Gasteiger partial charge in [-0.15, -0.1) is 0 Å². The van der Waals surface area contributed by atoms with E-state index < -0.39 is 0 Å². The summed E-state index contributed by atoms with van der Waals surface area (Å²) in [6.45, 7) is 12.7. The molecule has 4 aliphatic heterocycles. The van der Waals surface area contributed by atoms with E-state index in [9.17, 15) is 0 Å². The molecule has 4 fully saturated rings. The fourth-order valence-electron chi connectivity index (χ4n) is 5.43. The minimum Gasteiger partial charge on any atom is -0.372 e. The third kappa shape index (κ3) is 2.76. The van der Waals surface area contributed by atoms with Gasteiger partial charge in [-0.25, -0.2) is 0 Å². The normalized spacial score (nSPS) is 36.3. The monoisotopic (exact) mass is 322 g/mol. The van der Waals surface area contributed by atoms with E-state index in [1.165, 1.54) is 77.8 Å². The highest BCUT2D eigenvalue weighted by atomic mass is 16.7. The minimum absolute atomic E-state index is 0.0816. The molecular formula is C19H34N2O2. The Morgan fingerprint density at radius 1 is 0.783 bits per heavy atom. The van der Waals surface area contributed by atoms with Crippen LogP contribution in [0, 0.1) is 0 Å². The highest BCUT2D eigenvalue weighted by Gasteiger charge is 2.74. The van der Waals surface area contributed by atoms with Crippen LogP contribution >= 0.6 is 0 Å². The highest BCUT2D eigenvalue weighted by molar-refractivity contribution is 5.23. The van der Waals surface area contributed by atoms with Crippen LogP contribution in [0.25, 0.3) is 0 Å². The van der Waals surface area contributed by atoms with Crippen molar-refractivity contribution in [2.45, 2.75) is 75.6 Å². The number of fused-ring (bicyclic) bond motifs is 1. The third-order valence-electron chi connectivity index (χ3n) is 6.91. The molecule has 0 N–H and O–H groups in total. The first-order chi connectivity index (χ1) is 11.1. The summed E-state index contributed by atoms with van der Waals surface area (Å²) in [4.78, 5) is 5.21. The van der Waals surface area contributed by atoms with Gasteiger partial charge in [0.25, 0.3) is 0 Å². The van der Waals surface area contributed by atoms with Crippen LogP contribution in [0.4, 0.5) is 0 Å². The summed E-state index contributed by atoms with van der Waals surface area (Å²) in [5.74, 6) is 0. The molecule has 23 heavy (non-hydrogen) atoms. The molecule has 3 spiro atoms. The Bertz CT molecular complexity index is 401. The summed E-state index contributed by atoms with van der Waals surface area (Å²) < 4.78 is 12.9. The van der Waals surface area contributed by atoms with Crippen molar-refractivity contribution in [3.05, 3.63) is 0 Å². The summed E-state index contributed by atoms with van der Waals surface area (Å²) >= 11 is 0. The van der Waals surface area contributed by atoms with Crippen molar-refractivity contribution in [1.29, 1.82) is 0 Å². The fraction of sp³-hybridized carbons (Fsp3) is 1.00. The summed E-state index contributed by atoms with van der Waals surface area (Å²) in [5.41, 5.74) is 0.383. The van der Waals surface area contributed by atoms with E-state index in [2.05, 4.69) is 23.6 Å². The maximum atomic E-state index is 6.46. The fourth-order valence-corrected chi connectivity index (χ4v) is 5.43. The predicted molar refractivity (Wildman–Crippen MR) is 91.8 cm³/mol. The third-order valence-corrected chi connectivity index (χ3v) is 6.91. The molecule has 1 unspecified atom stereocenters. The number of epoxide rings is 1. The lowest BCUT2D eigenvalue weighted by Gasteiger charge is -2.38. The van der Waals surface area contributed by atoms with Crippen molar-refractivity contribution in [2.75, 3.05) is 45.9 Å². The number of ether oxygens (including phenoxy) is 2. The maximum Gasteiger partial charge on any atom is 0.124 e. The van der Waals surface area contributed by atoms with Crippen LogP contribution < -0.4 is 0 Å². The van der Waals surface area contributed by atoms with Crippen molar-refractivity contribution in [3.8, 4) is 0 Å². The van der Waals surface area contributed by atoms with Gasteiger partial charge in [0.05, 0.1) is 12.2 Å². The molecule has 0 aromatic heterocycles. The van der Waals surface area contributed by atoms with E-state index >= 15 is 0 Å². The van der Waals surface area contributed by atoms with Crippen molar-refractivity contribution in [2.24, 2.45) is 0 Å². The van der Waals surface area contributed by atoms with Crippen LogP contribution in [0.1, 0.15) is 58.8 Å². The van der Waals surface area contributed by atoms with Crippen molar-refractivity contribution in [3.63, 3.8) is 0 Å². The maximum absolute atomic E-state index is 6.46. The molecule has 0 bridgehead atoms. The summed E-state index contributed by atoms with van der Waals surface area (Å²) in [6, 6.07) is 0. The molecule has 132 valence electrons. The number of hydrogen-bond acceptors (Lipinski definition) is 4. The Morgan fingerprint density at radius 3 is 1.91 bits per heavy atom. The number of hydrogen-bond donors (Lipinski definition) is 0. The Morgan fingerprint density at radius 2 is 1.35 bits per heavy atom. The molecule has 0 radical (unpaired) electrons. The van der Waals surface area contributed by atoms with Gasteiger partial charge in [-0.05, 0) is 51.6 Å². The molecule has 1 atom stereocenters. The van der Waals surface area contributed by atoms with Crippen LogP contribution in [0.15, 0.2) is 0 Å². The lowest BCUT2D eigenvalue weighted by atomic mass is 9.77. The van der Waals surface area contributed by atoms with Gasteiger partial charge in [0, 0.05) is 32.6 Å². The number of likely N-dealkylation sites (tertiary alicyclic amines) is 2. The van der Waals surface area contributed by atoms with E-state index in [0.29, 0.717) is 0 Å². The molecule has 4 saturated heterocycles. The lowest BCUT2D eigenvalue weighted by molar-refractivity contribution is -0.0437. The second-order valence-corrected chi connectivity index (χ2v) is 8.42. The zero-order valence-electron chi connectivity index (χ0n) is 15.1. The SMILES string of the molecule is CCCN1CCC2(CC1)CC1(CO2)OC12CCN(CCC)CC2. The van der Waals surface area contributed by atoms with E-state index in [0.717, 1.165) is 13.0 Å². The molecule has 4 heteroatoms. The average Bonchev–Trinajstić information content (AvgIpc) is 2.98. The van der Waals surface area contributed by atoms with E-state index in [4.69, 9.17) is 9.47 Å². The minimum atomic E-state index is 0.0816. The second-order valence-electron chi connectivity index (χ2n) is 8.42. The first-order valence-electron chi connectivity index (χ1n) is 9.94. The summed E-state index contributed by atoms with van der Waals surface area (Å²) in [7, 11) is 0. The van der Waals surface area contributed by atoms with Crippen LogP contribution in [0.3, 0.4) is 0 Å². The number of rotatable bonds is 4. The highest BCUT2D eigenvalue weighted by Crippen LogP contribution is 2.62. The molecule has 0 saturated carbocycles. The molecule has 4 rings (SSSR count). The molecule has 0 aromatic carbocycles. The molecule has 4 heterocycles. The zero-order chi connectivity index (χ0) is 16.0.